The minimum absolute atomic E-state index is 0.148. The average Bonchev–Trinajstić information content (AvgIpc) is 2.76. The monoisotopic (exact) mass is 318 g/mol. The number of thiophene rings is 1. The van der Waals surface area contributed by atoms with Crippen LogP contribution in [-0.2, 0) is 0 Å². The van der Waals surface area contributed by atoms with Gasteiger partial charge in [-0.2, -0.15) is 0 Å². The Morgan fingerprint density at radius 1 is 1.24 bits per heavy atom. The van der Waals surface area contributed by atoms with Gasteiger partial charge in [0.15, 0.2) is 4.77 Å². The van der Waals surface area contributed by atoms with E-state index >= 15 is 0 Å². The maximum absolute atomic E-state index is 13.0. The summed E-state index contributed by atoms with van der Waals surface area (Å²) in [6, 6.07) is 0.386. The number of hydrogen-bond donors (Lipinski definition) is 1. The van der Waals surface area contributed by atoms with Gasteiger partial charge in [-0.1, -0.05) is 0 Å². The molecule has 21 heavy (non-hydrogen) atoms. The predicted molar refractivity (Wildman–Crippen MR) is 87.6 cm³/mol. The van der Waals surface area contributed by atoms with Crippen LogP contribution in [-0.4, -0.2) is 9.55 Å². The molecule has 0 aliphatic heterocycles. The first-order chi connectivity index (χ1) is 10.1. The Morgan fingerprint density at radius 3 is 2.57 bits per heavy atom. The first-order valence-corrected chi connectivity index (χ1v) is 9.05. The molecule has 2 aromatic heterocycles. The summed E-state index contributed by atoms with van der Waals surface area (Å²) in [6.07, 6.45) is 4.13. The van der Waals surface area contributed by atoms with Crippen molar-refractivity contribution in [3.05, 3.63) is 25.6 Å². The largest absolute Gasteiger partial charge is 0.323 e. The Hall–Kier alpha value is -0.940. The van der Waals surface area contributed by atoms with Crippen LogP contribution in [0.25, 0.3) is 10.2 Å². The maximum atomic E-state index is 13.0. The van der Waals surface area contributed by atoms with Crippen LogP contribution in [0.4, 0.5) is 0 Å². The molecule has 3 saturated carbocycles. The zero-order valence-corrected chi connectivity index (χ0v) is 13.8. The second-order valence-electron chi connectivity index (χ2n) is 7.07. The van der Waals surface area contributed by atoms with Gasteiger partial charge in [-0.25, -0.2) is 0 Å². The number of aryl methyl sites for hydroxylation is 2. The Kier molecular flexibility index (Phi) is 2.32. The van der Waals surface area contributed by atoms with Crippen molar-refractivity contribution in [3.8, 4) is 0 Å². The van der Waals surface area contributed by atoms with Crippen molar-refractivity contribution in [2.45, 2.75) is 39.2 Å². The quantitative estimate of drug-likeness (QED) is 0.808. The van der Waals surface area contributed by atoms with Gasteiger partial charge in [0, 0.05) is 10.9 Å². The van der Waals surface area contributed by atoms with Crippen LogP contribution in [0.1, 0.15) is 35.7 Å². The van der Waals surface area contributed by atoms with Gasteiger partial charge in [-0.15, -0.1) is 11.3 Å². The fraction of sp³-hybridized carbons (Fsp3) is 0.625. The zero-order chi connectivity index (χ0) is 14.5. The lowest BCUT2D eigenvalue weighted by atomic mass is 10.0. The summed E-state index contributed by atoms with van der Waals surface area (Å²) in [5, 5.41) is 0.864. The number of H-pyrrole nitrogens is 1. The van der Waals surface area contributed by atoms with E-state index in [1.54, 1.807) is 11.3 Å². The molecule has 0 amide bonds. The lowest BCUT2D eigenvalue weighted by Crippen LogP contribution is -2.23. The molecule has 0 saturated heterocycles. The molecule has 4 atom stereocenters. The van der Waals surface area contributed by atoms with Crippen molar-refractivity contribution < 1.29 is 0 Å². The van der Waals surface area contributed by atoms with E-state index in [2.05, 4.69) is 11.9 Å². The van der Waals surface area contributed by atoms with E-state index in [1.807, 2.05) is 11.5 Å². The zero-order valence-electron chi connectivity index (χ0n) is 12.2. The molecular weight excluding hydrogens is 300 g/mol. The van der Waals surface area contributed by atoms with Gasteiger partial charge in [0.2, 0.25) is 0 Å². The SMILES string of the molecule is Cc1sc2[nH]c(=S)n(C3C4C5CCC(C5)C43)c(=O)c2c1C. The molecule has 3 aliphatic carbocycles. The second-order valence-corrected chi connectivity index (χ2v) is 8.68. The summed E-state index contributed by atoms with van der Waals surface area (Å²) >= 11 is 7.17. The predicted octanol–water partition coefficient (Wildman–Crippen LogP) is 3.95. The molecule has 3 nitrogen and oxygen atoms in total. The molecule has 110 valence electrons. The van der Waals surface area contributed by atoms with Crippen LogP contribution >= 0.6 is 23.6 Å². The van der Waals surface area contributed by atoms with E-state index in [-0.39, 0.29) is 5.56 Å². The van der Waals surface area contributed by atoms with Crippen LogP contribution in [0, 0.1) is 42.3 Å². The molecule has 3 aliphatic rings. The van der Waals surface area contributed by atoms with Crippen LogP contribution < -0.4 is 5.56 Å². The Labute approximate surface area is 132 Å². The number of aromatic nitrogens is 2. The average molecular weight is 318 g/mol. The Morgan fingerprint density at radius 2 is 1.90 bits per heavy atom. The molecule has 0 aromatic carbocycles. The van der Waals surface area contributed by atoms with Crippen LogP contribution in [0.15, 0.2) is 4.79 Å². The Bertz CT molecular complexity index is 874. The molecule has 5 rings (SSSR count). The highest BCUT2D eigenvalue weighted by molar-refractivity contribution is 7.71. The maximum Gasteiger partial charge on any atom is 0.263 e. The van der Waals surface area contributed by atoms with Gasteiger partial charge in [-0.3, -0.25) is 9.36 Å². The molecule has 1 N–H and O–H groups in total. The van der Waals surface area contributed by atoms with E-state index in [0.717, 1.165) is 39.5 Å². The van der Waals surface area contributed by atoms with E-state index in [4.69, 9.17) is 12.2 Å². The highest BCUT2D eigenvalue weighted by atomic mass is 32.1. The number of fused-ring (bicyclic) bond motifs is 6. The summed E-state index contributed by atoms with van der Waals surface area (Å²) in [5.41, 5.74) is 1.27. The van der Waals surface area contributed by atoms with Crippen molar-refractivity contribution >= 4 is 33.8 Å². The topological polar surface area (TPSA) is 37.8 Å². The fourth-order valence-electron chi connectivity index (χ4n) is 5.24. The lowest BCUT2D eigenvalue weighted by molar-refractivity contribution is 0.443. The number of nitrogens with one attached hydrogen (secondary N) is 1. The highest BCUT2D eigenvalue weighted by Crippen LogP contribution is 2.71. The van der Waals surface area contributed by atoms with Crippen LogP contribution in [0.2, 0.25) is 0 Å². The van der Waals surface area contributed by atoms with Crippen molar-refractivity contribution in [1.29, 1.82) is 0 Å². The molecular formula is C16H18N2OS2. The normalized spacial score (nSPS) is 36.4. The van der Waals surface area contributed by atoms with Gasteiger partial charge < -0.3 is 4.98 Å². The van der Waals surface area contributed by atoms with Crippen LogP contribution in [0.3, 0.4) is 0 Å². The molecule has 0 spiro atoms. The lowest BCUT2D eigenvalue weighted by Gasteiger charge is -2.12. The summed E-state index contributed by atoms with van der Waals surface area (Å²) < 4.78 is 2.56. The first kappa shape index (κ1) is 12.6. The van der Waals surface area contributed by atoms with Gasteiger partial charge in [0.1, 0.15) is 4.83 Å². The third kappa shape index (κ3) is 1.44. The number of hydrogen-bond acceptors (Lipinski definition) is 3. The van der Waals surface area contributed by atoms with E-state index < -0.39 is 0 Å². The van der Waals surface area contributed by atoms with E-state index in [9.17, 15) is 4.79 Å². The number of rotatable bonds is 1. The van der Waals surface area contributed by atoms with Crippen molar-refractivity contribution in [2.75, 3.05) is 0 Å². The third-order valence-corrected chi connectivity index (χ3v) is 7.67. The summed E-state index contributed by atoms with van der Waals surface area (Å²) in [7, 11) is 0. The highest BCUT2D eigenvalue weighted by Gasteiger charge is 2.66. The van der Waals surface area contributed by atoms with Gasteiger partial charge in [0.05, 0.1) is 5.39 Å². The molecule has 3 fully saturated rings. The fourth-order valence-corrected chi connectivity index (χ4v) is 6.66. The number of nitrogens with zero attached hydrogens (tertiary/aromatic N) is 1. The van der Waals surface area contributed by atoms with E-state index in [0.29, 0.717) is 10.8 Å². The smallest absolute Gasteiger partial charge is 0.263 e. The molecule has 4 unspecified atom stereocenters. The molecule has 2 heterocycles. The minimum atomic E-state index is 0.148. The molecule has 2 bridgehead atoms. The molecule has 5 heteroatoms. The third-order valence-electron chi connectivity index (χ3n) is 6.25. The second kappa shape index (κ2) is 3.87. The van der Waals surface area contributed by atoms with Crippen LogP contribution in [0.5, 0.6) is 0 Å². The Balaban J connectivity index is 1.73. The number of aromatic amines is 1. The minimum Gasteiger partial charge on any atom is -0.323 e. The summed E-state index contributed by atoms with van der Waals surface area (Å²) in [5.74, 6) is 3.17. The van der Waals surface area contributed by atoms with Crippen molar-refractivity contribution in [1.82, 2.24) is 9.55 Å². The molecule has 2 aromatic rings. The van der Waals surface area contributed by atoms with Gasteiger partial charge in [-0.05, 0) is 74.6 Å². The summed E-state index contributed by atoms with van der Waals surface area (Å²) in [6.45, 7) is 4.13. The van der Waals surface area contributed by atoms with Crippen molar-refractivity contribution in [2.24, 2.45) is 23.7 Å². The summed E-state index contributed by atoms with van der Waals surface area (Å²) in [4.78, 5) is 18.5. The van der Waals surface area contributed by atoms with Gasteiger partial charge >= 0.3 is 0 Å². The standard InChI is InChI=1S/C16H18N2OS2/c1-6-7(2)21-14-10(6)15(19)18(16(20)17-14)13-11-8-3-4-9(5-8)12(11)13/h8-9,11-13H,3-5H2,1-2H3,(H,17,20). The molecule has 0 radical (unpaired) electrons. The first-order valence-electron chi connectivity index (χ1n) is 7.82. The van der Waals surface area contributed by atoms with Gasteiger partial charge in [0.25, 0.3) is 5.56 Å². The van der Waals surface area contributed by atoms with E-state index in [1.165, 1.54) is 24.1 Å². The van der Waals surface area contributed by atoms with Crippen molar-refractivity contribution in [3.63, 3.8) is 0 Å².